The van der Waals surface area contributed by atoms with E-state index in [9.17, 15) is 8.78 Å². The van der Waals surface area contributed by atoms with Crippen LogP contribution < -0.4 is 16.0 Å². The Bertz CT molecular complexity index is 531. The number of ether oxygens (including phenoxy) is 1. The second-order valence-electron chi connectivity index (χ2n) is 3.27. The van der Waals surface area contributed by atoms with Crippen LogP contribution in [0.4, 0.5) is 14.7 Å². The molecule has 0 amide bonds. The Hall–Kier alpha value is -1.54. The first-order valence-electron chi connectivity index (χ1n) is 4.76. The number of nitrogen functional groups attached to an aromatic ring is 1. The molecule has 0 aromatic carbocycles. The number of aromatic nitrogens is 2. The van der Waals surface area contributed by atoms with Crippen LogP contribution in [0.1, 0.15) is 4.88 Å². The fourth-order valence-electron chi connectivity index (χ4n) is 1.33. The van der Waals surface area contributed by atoms with E-state index in [1.165, 1.54) is 11.3 Å². The first-order valence-corrected chi connectivity index (χ1v) is 5.57. The highest BCUT2D eigenvalue weighted by Crippen LogP contribution is 2.30. The number of nitrogens with two attached hydrogens (primary N) is 1. The van der Waals surface area contributed by atoms with Gasteiger partial charge in [0.15, 0.2) is 6.61 Å². The first kappa shape index (κ1) is 11.9. The summed E-state index contributed by atoms with van der Waals surface area (Å²) in [4.78, 5) is 9.65. The van der Waals surface area contributed by atoms with Gasteiger partial charge in [-0.05, 0) is 13.0 Å². The highest BCUT2D eigenvalue weighted by atomic mass is 32.1. The molecule has 0 aliphatic rings. The van der Waals surface area contributed by atoms with E-state index < -0.39 is 13.0 Å². The smallest absolute Gasteiger partial charge is 0.272 e. The molecule has 17 heavy (non-hydrogen) atoms. The largest absolute Gasteiger partial charge is 0.471 e. The van der Waals surface area contributed by atoms with Crippen LogP contribution in [0.15, 0.2) is 6.07 Å². The molecule has 0 aliphatic heterocycles. The summed E-state index contributed by atoms with van der Waals surface area (Å²) in [6.07, 6.45) is -2.55. The Kier molecular flexibility index (Phi) is 3.34. The monoisotopic (exact) mass is 260 g/mol. The number of hydrazine groups is 1. The number of aryl methyl sites for hydroxylation is 1. The fraction of sp³-hybridized carbons (Fsp3) is 0.333. The summed E-state index contributed by atoms with van der Waals surface area (Å²) >= 11 is 1.42. The third kappa shape index (κ3) is 2.59. The molecule has 0 fully saturated rings. The average molecular weight is 260 g/mol. The van der Waals surface area contributed by atoms with Gasteiger partial charge in [-0.2, -0.15) is 4.98 Å². The van der Waals surface area contributed by atoms with E-state index in [4.69, 9.17) is 10.6 Å². The standard InChI is InChI=1S/C9H10F2N4OS/c1-4-2-5-7(16-3-6(10)11)13-9(15-12)14-8(5)17-4/h2,6H,3,12H2,1H3,(H,13,14,15). The van der Waals surface area contributed by atoms with Gasteiger partial charge in [0.05, 0.1) is 5.39 Å². The molecule has 2 aromatic rings. The van der Waals surface area contributed by atoms with E-state index in [-0.39, 0.29) is 11.8 Å². The van der Waals surface area contributed by atoms with Crippen molar-refractivity contribution in [3.8, 4) is 5.88 Å². The second kappa shape index (κ2) is 4.76. The van der Waals surface area contributed by atoms with Gasteiger partial charge in [-0.1, -0.05) is 0 Å². The van der Waals surface area contributed by atoms with Crippen molar-refractivity contribution in [1.82, 2.24) is 9.97 Å². The van der Waals surface area contributed by atoms with Crippen molar-refractivity contribution in [1.29, 1.82) is 0 Å². The Balaban J connectivity index is 2.43. The molecule has 0 aliphatic carbocycles. The van der Waals surface area contributed by atoms with Crippen LogP contribution in [0.5, 0.6) is 5.88 Å². The molecule has 5 nitrogen and oxygen atoms in total. The van der Waals surface area contributed by atoms with Crippen LogP contribution in [0.2, 0.25) is 0 Å². The van der Waals surface area contributed by atoms with Crippen molar-refractivity contribution in [2.24, 2.45) is 5.84 Å². The molecule has 8 heteroatoms. The number of hydrogen-bond acceptors (Lipinski definition) is 6. The van der Waals surface area contributed by atoms with E-state index in [1.807, 2.05) is 6.92 Å². The predicted octanol–water partition coefficient (Wildman–Crippen LogP) is 1.93. The molecule has 0 unspecified atom stereocenters. The quantitative estimate of drug-likeness (QED) is 0.649. The summed E-state index contributed by atoms with van der Waals surface area (Å²) in [5, 5.41) is 0.618. The SMILES string of the molecule is Cc1cc2c(OCC(F)F)nc(NN)nc2s1. The first-order chi connectivity index (χ1) is 8.10. The molecule has 2 heterocycles. The minimum atomic E-state index is -2.55. The third-order valence-electron chi connectivity index (χ3n) is 1.96. The van der Waals surface area contributed by atoms with Crippen molar-refractivity contribution in [3.05, 3.63) is 10.9 Å². The van der Waals surface area contributed by atoms with E-state index in [1.54, 1.807) is 6.07 Å². The maximum Gasteiger partial charge on any atom is 0.272 e. The molecule has 0 bridgehead atoms. The fourth-order valence-corrected chi connectivity index (χ4v) is 2.20. The molecule has 2 aromatic heterocycles. The Morgan fingerprint density at radius 3 is 2.94 bits per heavy atom. The number of anilines is 1. The summed E-state index contributed by atoms with van der Waals surface area (Å²) in [5.74, 6) is 5.46. The molecule has 0 saturated heterocycles. The van der Waals surface area contributed by atoms with Crippen molar-refractivity contribution < 1.29 is 13.5 Å². The maximum atomic E-state index is 12.1. The Morgan fingerprint density at radius 1 is 1.53 bits per heavy atom. The van der Waals surface area contributed by atoms with Gasteiger partial charge in [0.2, 0.25) is 11.8 Å². The normalized spacial score (nSPS) is 11.1. The number of nitrogens with zero attached hydrogens (tertiary/aromatic N) is 2. The zero-order chi connectivity index (χ0) is 12.4. The zero-order valence-corrected chi connectivity index (χ0v) is 9.72. The average Bonchev–Trinajstić information content (AvgIpc) is 2.65. The lowest BCUT2D eigenvalue weighted by Gasteiger charge is -2.06. The predicted molar refractivity (Wildman–Crippen MR) is 61.5 cm³/mol. The maximum absolute atomic E-state index is 12.1. The van der Waals surface area contributed by atoms with Crippen molar-refractivity contribution in [2.45, 2.75) is 13.3 Å². The summed E-state index contributed by atoms with van der Waals surface area (Å²) in [6.45, 7) is 1.18. The number of hydrogen-bond donors (Lipinski definition) is 2. The van der Waals surface area contributed by atoms with E-state index >= 15 is 0 Å². The minimum Gasteiger partial charge on any atom is -0.471 e. The van der Waals surface area contributed by atoms with Crippen molar-refractivity contribution in [3.63, 3.8) is 0 Å². The molecule has 3 N–H and O–H groups in total. The van der Waals surface area contributed by atoms with E-state index in [2.05, 4.69) is 15.4 Å². The molecule has 92 valence electrons. The van der Waals surface area contributed by atoms with Crippen molar-refractivity contribution >= 4 is 27.5 Å². The highest BCUT2D eigenvalue weighted by Gasteiger charge is 2.13. The molecular formula is C9H10F2N4OS. The number of halogens is 2. The summed E-state index contributed by atoms with van der Waals surface area (Å²) < 4.78 is 29.2. The molecular weight excluding hydrogens is 250 g/mol. The minimum absolute atomic E-state index is 0.118. The number of nitrogens with one attached hydrogen (secondary N) is 1. The number of fused-ring (bicyclic) bond motifs is 1. The van der Waals surface area contributed by atoms with Gasteiger partial charge >= 0.3 is 0 Å². The van der Waals surface area contributed by atoms with Crippen LogP contribution in [-0.4, -0.2) is 23.0 Å². The lowest BCUT2D eigenvalue weighted by atomic mass is 10.3. The van der Waals surface area contributed by atoms with E-state index in [0.29, 0.717) is 10.2 Å². The van der Waals surface area contributed by atoms with Crippen molar-refractivity contribution in [2.75, 3.05) is 12.0 Å². The lowest BCUT2D eigenvalue weighted by Crippen LogP contribution is -2.13. The topological polar surface area (TPSA) is 73.1 Å². The molecule has 0 radical (unpaired) electrons. The van der Waals surface area contributed by atoms with Gasteiger partial charge in [0, 0.05) is 4.88 Å². The van der Waals surface area contributed by atoms with Crippen LogP contribution in [0.3, 0.4) is 0 Å². The summed E-state index contributed by atoms with van der Waals surface area (Å²) in [5.41, 5.74) is 2.27. The van der Waals surface area contributed by atoms with Gasteiger partial charge in [0.25, 0.3) is 6.43 Å². The second-order valence-corrected chi connectivity index (χ2v) is 4.51. The molecule has 0 saturated carbocycles. The molecule has 0 spiro atoms. The van der Waals surface area contributed by atoms with E-state index in [0.717, 1.165) is 4.88 Å². The van der Waals surface area contributed by atoms with Crippen LogP contribution in [0, 0.1) is 6.92 Å². The lowest BCUT2D eigenvalue weighted by molar-refractivity contribution is 0.0805. The van der Waals surface area contributed by atoms with Gasteiger partial charge in [-0.3, -0.25) is 5.43 Å². The van der Waals surface area contributed by atoms with Gasteiger partial charge < -0.3 is 4.74 Å². The van der Waals surface area contributed by atoms with Crippen LogP contribution in [0.25, 0.3) is 10.2 Å². The number of thiophene rings is 1. The Labute approximate surface area is 99.6 Å². The van der Waals surface area contributed by atoms with Gasteiger partial charge in [-0.15, -0.1) is 11.3 Å². The van der Waals surface area contributed by atoms with Crippen LogP contribution >= 0.6 is 11.3 Å². The number of alkyl halides is 2. The molecule has 0 atom stereocenters. The van der Waals surface area contributed by atoms with Crippen LogP contribution in [-0.2, 0) is 0 Å². The highest BCUT2D eigenvalue weighted by molar-refractivity contribution is 7.18. The number of rotatable bonds is 4. The van der Waals surface area contributed by atoms with Gasteiger partial charge in [-0.25, -0.2) is 19.6 Å². The zero-order valence-electron chi connectivity index (χ0n) is 8.91. The third-order valence-corrected chi connectivity index (χ3v) is 2.90. The summed E-state index contributed by atoms with van der Waals surface area (Å²) in [7, 11) is 0. The Morgan fingerprint density at radius 2 is 2.29 bits per heavy atom. The van der Waals surface area contributed by atoms with Gasteiger partial charge in [0.1, 0.15) is 4.83 Å². The summed E-state index contributed by atoms with van der Waals surface area (Å²) in [6, 6.07) is 1.79. The molecule has 2 rings (SSSR count).